The topological polar surface area (TPSA) is 12.9 Å². The molecule has 1 heteroatoms. The van der Waals surface area contributed by atoms with Gasteiger partial charge in [-0.3, -0.25) is 4.98 Å². The first-order valence-electron chi connectivity index (χ1n) is 5.29. The largest absolute Gasteiger partial charge is 0.264 e. The molecule has 15 heavy (non-hydrogen) atoms. The van der Waals surface area contributed by atoms with Gasteiger partial charge >= 0.3 is 0 Å². The number of pyridine rings is 1. The Hall–Kier alpha value is -1.63. The Labute approximate surface area is 89.8 Å². The predicted octanol–water partition coefficient (Wildman–Crippen LogP) is 3.27. The lowest BCUT2D eigenvalue weighted by Crippen LogP contribution is -1.87. The Morgan fingerprint density at radius 1 is 1.07 bits per heavy atom. The molecule has 0 bridgehead atoms. The van der Waals surface area contributed by atoms with Crippen LogP contribution in [0.1, 0.15) is 22.3 Å². The second kappa shape index (κ2) is 2.93. The van der Waals surface area contributed by atoms with Crippen LogP contribution in [0, 0.1) is 13.8 Å². The highest BCUT2D eigenvalue weighted by molar-refractivity contribution is 5.74. The number of hydrogen-bond acceptors (Lipinski definition) is 1. The highest BCUT2D eigenvalue weighted by Gasteiger charge is 2.21. The molecule has 1 aromatic heterocycles. The van der Waals surface area contributed by atoms with Crippen molar-refractivity contribution in [3.8, 4) is 11.1 Å². The van der Waals surface area contributed by atoms with E-state index in [4.69, 9.17) is 0 Å². The number of fused-ring (bicyclic) bond motifs is 1. The number of aryl methyl sites for hydroxylation is 1. The molecule has 3 rings (SSSR count). The van der Waals surface area contributed by atoms with Crippen molar-refractivity contribution in [2.75, 3.05) is 0 Å². The van der Waals surface area contributed by atoms with E-state index in [0.29, 0.717) is 0 Å². The first kappa shape index (κ1) is 8.66. The molecule has 1 heterocycles. The molecule has 0 aliphatic heterocycles. The van der Waals surface area contributed by atoms with Crippen molar-refractivity contribution in [2.45, 2.75) is 20.3 Å². The fourth-order valence-corrected chi connectivity index (χ4v) is 2.19. The van der Waals surface area contributed by atoms with Gasteiger partial charge in [-0.05, 0) is 54.2 Å². The SMILES string of the molecule is Cc1ccncc1-c1ccc2c(c1C)C2. The molecule has 0 atom stereocenters. The molecule has 0 amide bonds. The van der Waals surface area contributed by atoms with Crippen molar-refractivity contribution in [3.63, 3.8) is 0 Å². The van der Waals surface area contributed by atoms with Gasteiger partial charge in [0.1, 0.15) is 0 Å². The molecule has 0 spiro atoms. The third kappa shape index (κ3) is 1.27. The van der Waals surface area contributed by atoms with Crippen LogP contribution in [-0.2, 0) is 6.42 Å². The standard InChI is InChI=1S/C14H13N/c1-9-5-6-15-8-14(9)12-4-3-11-7-13(11)10(12)2/h3-6,8H,7H2,1-2H3. The van der Waals surface area contributed by atoms with E-state index in [1.165, 1.54) is 39.8 Å². The van der Waals surface area contributed by atoms with E-state index in [2.05, 4.69) is 37.0 Å². The highest BCUT2D eigenvalue weighted by atomic mass is 14.6. The molecule has 74 valence electrons. The normalized spacial score (nSPS) is 12.4. The lowest BCUT2D eigenvalue weighted by Gasteiger charge is -2.07. The van der Waals surface area contributed by atoms with Crippen LogP contribution in [-0.4, -0.2) is 4.98 Å². The number of nitrogens with zero attached hydrogens (tertiary/aromatic N) is 1. The molecule has 0 radical (unpaired) electrons. The molecule has 1 aliphatic rings. The summed E-state index contributed by atoms with van der Waals surface area (Å²) in [5, 5.41) is 0. The molecule has 2 aromatic rings. The van der Waals surface area contributed by atoms with Crippen LogP contribution in [0.25, 0.3) is 11.1 Å². The number of rotatable bonds is 1. The van der Waals surface area contributed by atoms with Gasteiger partial charge in [0.25, 0.3) is 0 Å². The van der Waals surface area contributed by atoms with Crippen LogP contribution in [0.5, 0.6) is 0 Å². The maximum absolute atomic E-state index is 4.21. The zero-order valence-electron chi connectivity index (χ0n) is 9.04. The van der Waals surface area contributed by atoms with Gasteiger partial charge in [-0.15, -0.1) is 0 Å². The van der Waals surface area contributed by atoms with Gasteiger partial charge < -0.3 is 0 Å². The average Bonchev–Trinajstić information content (AvgIpc) is 3.00. The van der Waals surface area contributed by atoms with Crippen LogP contribution < -0.4 is 0 Å². The fraction of sp³-hybridized carbons (Fsp3) is 0.214. The summed E-state index contributed by atoms with van der Waals surface area (Å²) in [6.07, 6.45) is 5.00. The molecule has 1 nitrogen and oxygen atoms in total. The van der Waals surface area contributed by atoms with Crippen molar-refractivity contribution >= 4 is 0 Å². The first-order chi connectivity index (χ1) is 7.27. The lowest BCUT2D eigenvalue weighted by molar-refractivity contribution is 1.28. The molecular weight excluding hydrogens is 182 g/mol. The van der Waals surface area contributed by atoms with Gasteiger partial charge in [0.05, 0.1) is 0 Å². The summed E-state index contributed by atoms with van der Waals surface area (Å²) in [6.45, 7) is 4.36. The van der Waals surface area contributed by atoms with E-state index in [-0.39, 0.29) is 0 Å². The Balaban J connectivity index is 2.22. The monoisotopic (exact) mass is 195 g/mol. The third-order valence-electron chi connectivity index (χ3n) is 3.27. The van der Waals surface area contributed by atoms with Crippen molar-refractivity contribution in [1.29, 1.82) is 0 Å². The Morgan fingerprint density at radius 3 is 2.73 bits per heavy atom. The Kier molecular flexibility index (Phi) is 1.69. The second-order valence-corrected chi connectivity index (χ2v) is 4.24. The van der Waals surface area contributed by atoms with Crippen LogP contribution in [0.3, 0.4) is 0 Å². The van der Waals surface area contributed by atoms with E-state index < -0.39 is 0 Å². The summed E-state index contributed by atoms with van der Waals surface area (Å²) in [4.78, 5) is 4.21. The van der Waals surface area contributed by atoms with Gasteiger partial charge in [0.2, 0.25) is 0 Å². The van der Waals surface area contributed by atoms with Crippen LogP contribution in [0.4, 0.5) is 0 Å². The fourth-order valence-electron chi connectivity index (χ4n) is 2.19. The zero-order valence-corrected chi connectivity index (χ0v) is 9.04. The molecule has 1 aliphatic carbocycles. The molecule has 0 fully saturated rings. The number of hydrogen-bond donors (Lipinski definition) is 0. The Bertz CT molecular complexity index is 541. The van der Waals surface area contributed by atoms with Gasteiger partial charge in [0, 0.05) is 18.0 Å². The summed E-state index contributed by atoms with van der Waals surface area (Å²) in [5.74, 6) is 0. The third-order valence-corrected chi connectivity index (χ3v) is 3.27. The molecule has 0 saturated carbocycles. The van der Waals surface area contributed by atoms with E-state index in [9.17, 15) is 0 Å². The number of aromatic nitrogens is 1. The van der Waals surface area contributed by atoms with Gasteiger partial charge in [-0.1, -0.05) is 12.1 Å². The van der Waals surface area contributed by atoms with Crippen LogP contribution in [0.2, 0.25) is 0 Å². The Morgan fingerprint density at radius 2 is 1.93 bits per heavy atom. The zero-order chi connectivity index (χ0) is 10.4. The molecule has 0 saturated heterocycles. The van der Waals surface area contributed by atoms with E-state index in [0.717, 1.165) is 0 Å². The number of benzene rings is 1. The maximum atomic E-state index is 4.21. The minimum absolute atomic E-state index is 1.19. The molecule has 0 unspecified atom stereocenters. The van der Waals surface area contributed by atoms with Gasteiger partial charge in [0.15, 0.2) is 0 Å². The second-order valence-electron chi connectivity index (χ2n) is 4.24. The first-order valence-corrected chi connectivity index (χ1v) is 5.29. The van der Waals surface area contributed by atoms with Gasteiger partial charge in [-0.25, -0.2) is 0 Å². The smallest absolute Gasteiger partial charge is 0.0349 e. The molecule has 0 N–H and O–H groups in total. The highest BCUT2D eigenvalue weighted by Crippen LogP contribution is 2.37. The quantitative estimate of drug-likeness (QED) is 0.580. The summed E-state index contributed by atoms with van der Waals surface area (Å²) in [6, 6.07) is 6.54. The van der Waals surface area contributed by atoms with E-state index in [1.54, 1.807) is 0 Å². The summed E-state index contributed by atoms with van der Waals surface area (Å²) < 4.78 is 0. The van der Waals surface area contributed by atoms with E-state index >= 15 is 0 Å². The van der Waals surface area contributed by atoms with Crippen LogP contribution >= 0.6 is 0 Å². The summed E-state index contributed by atoms with van der Waals surface area (Å²) in [7, 11) is 0. The molecular formula is C14H13N. The minimum atomic E-state index is 1.19. The lowest BCUT2D eigenvalue weighted by atomic mass is 9.99. The van der Waals surface area contributed by atoms with E-state index in [1.807, 2.05) is 12.4 Å². The summed E-state index contributed by atoms with van der Waals surface area (Å²) in [5.41, 5.74) is 8.40. The van der Waals surface area contributed by atoms with Gasteiger partial charge in [-0.2, -0.15) is 0 Å². The predicted molar refractivity (Wildman–Crippen MR) is 62.0 cm³/mol. The maximum Gasteiger partial charge on any atom is 0.0349 e. The van der Waals surface area contributed by atoms with Crippen LogP contribution in [0.15, 0.2) is 30.6 Å². The average molecular weight is 195 g/mol. The van der Waals surface area contributed by atoms with Crippen molar-refractivity contribution in [1.82, 2.24) is 4.98 Å². The minimum Gasteiger partial charge on any atom is -0.264 e. The van der Waals surface area contributed by atoms with Crippen molar-refractivity contribution in [2.24, 2.45) is 0 Å². The van der Waals surface area contributed by atoms with Crippen molar-refractivity contribution in [3.05, 3.63) is 52.8 Å². The molecule has 1 aromatic carbocycles. The van der Waals surface area contributed by atoms with Crippen molar-refractivity contribution < 1.29 is 0 Å². The summed E-state index contributed by atoms with van der Waals surface area (Å²) >= 11 is 0.